The molecule has 0 fully saturated rings. The van der Waals surface area contributed by atoms with Gasteiger partial charge in [0.1, 0.15) is 11.2 Å². The summed E-state index contributed by atoms with van der Waals surface area (Å²) in [5.74, 6) is 1.79. The lowest BCUT2D eigenvalue weighted by Crippen LogP contribution is -2.01. The molecular formula is C58H40N4OS. The van der Waals surface area contributed by atoms with Crippen molar-refractivity contribution in [3.63, 3.8) is 0 Å². The highest BCUT2D eigenvalue weighted by Crippen LogP contribution is 2.43. The molecule has 4 heterocycles. The molecule has 13 aromatic rings. The second-order valence-electron chi connectivity index (χ2n) is 16.3. The second-order valence-corrected chi connectivity index (χ2v) is 17.3. The van der Waals surface area contributed by atoms with Gasteiger partial charge in [-0.15, -0.1) is 11.3 Å². The predicted octanol–water partition coefficient (Wildman–Crippen LogP) is 16.5. The van der Waals surface area contributed by atoms with Crippen molar-refractivity contribution in [3.05, 3.63) is 194 Å². The molecule has 304 valence electrons. The summed E-state index contributed by atoms with van der Waals surface area (Å²) >= 11 is 1.86. The van der Waals surface area contributed by atoms with Crippen LogP contribution in [0.25, 0.3) is 126 Å². The topological polar surface area (TPSA) is 56.7 Å². The lowest BCUT2D eigenvalue weighted by Gasteiger charge is -2.14. The highest BCUT2D eigenvalue weighted by molar-refractivity contribution is 7.26. The van der Waals surface area contributed by atoms with E-state index in [1.54, 1.807) is 0 Å². The summed E-state index contributed by atoms with van der Waals surface area (Å²) in [5.41, 5.74) is 10.0. The van der Waals surface area contributed by atoms with E-state index < -0.39 is 0 Å². The van der Waals surface area contributed by atoms with Crippen LogP contribution in [0.3, 0.4) is 0 Å². The van der Waals surface area contributed by atoms with Crippen LogP contribution >= 0.6 is 11.3 Å². The predicted molar refractivity (Wildman–Crippen MR) is 270 cm³/mol. The van der Waals surface area contributed by atoms with E-state index in [0.29, 0.717) is 17.5 Å². The quantitative estimate of drug-likeness (QED) is 0.173. The summed E-state index contributed by atoms with van der Waals surface area (Å²) in [6.07, 6.45) is 1.25. The molecular weight excluding hydrogens is 801 g/mol. The molecule has 0 bridgehead atoms. The van der Waals surface area contributed by atoms with Crippen LogP contribution in [0.4, 0.5) is 0 Å². The molecule has 0 aliphatic carbocycles. The molecule has 0 spiro atoms. The number of benzene rings is 9. The Balaban J connectivity index is 0.00000141. The molecule has 0 N–H and O–H groups in total. The van der Waals surface area contributed by atoms with E-state index in [1.807, 2.05) is 65.9 Å². The molecule has 0 aliphatic rings. The Hall–Kier alpha value is -7.93. The summed E-state index contributed by atoms with van der Waals surface area (Å²) in [4.78, 5) is 15.3. The maximum Gasteiger partial charge on any atom is 0.164 e. The standard InChI is InChI=1S/C55H32N4OS.C3H8/c1-2-13-34(14-3-1)53-56-54(58-55(57-53)37-24-27-43-42-19-7-9-23-47(42)60-48(43)32-37)36-15-10-16-38(30-36)59-46-22-8-6-18-41(46)44-21-11-20-40(52(44)59)35-26-28-49-45(31-35)51-39-17-5-4-12-33(39)25-29-50(51)61-49;1-3-2/h1-32H;3H2,1-2H3. The van der Waals surface area contributed by atoms with Crippen molar-refractivity contribution in [1.29, 1.82) is 0 Å². The normalized spacial score (nSPS) is 11.7. The fourth-order valence-electron chi connectivity index (χ4n) is 9.23. The number of aromatic nitrogens is 4. The van der Waals surface area contributed by atoms with Crippen molar-refractivity contribution in [2.75, 3.05) is 0 Å². The van der Waals surface area contributed by atoms with Gasteiger partial charge in [-0.25, -0.2) is 15.0 Å². The minimum Gasteiger partial charge on any atom is -0.456 e. The number of hydrogen-bond donors (Lipinski definition) is 0. The smallest absolute Gasteiger partial charge is 0.164 e. The molecule has 0 amide bonds. The maximum absolute atomic E-state index is 6.29. The minimum absolute atomic E-state index is 0.583. The zero-order valence-corrected chi connectivity index (χ0v) is 36.1. The van der Waals surface area contributed by atoms with Crippen molar-refractivity contribution in [2.45, 2.75) is 20.3 Å². The summed E-state index contributed by atoms with van der Waals surface area (Å²) in [5, 5.41) is 9.72. The number of thiophene rings is 1. The van der Waals surface area contributed by atoms with Gasteiger partial charge in [0, 0.05) is 69.7 Å². The van der Waals surface area contributed by atoms with Gasteiger partial charge >= 0.3 is 0 Å². The monoisotopic (exact) mass is 840 g/mol. The van der Waals surface area contributed by atoms with E-state index in [0.717, 1.165) is 55.3 Å². The fourth-order valence-corrected chi connectivity index (χ4v) is 10.3. The molecule has 0 radical (unpaired) electrons. The molecule has 9 aromatic carbocycles. The van der Waals surface area contributed by atoms with Gasteiger partial charge in [-0.2, -0.15) is 0 Å². The Morgan fingerprint density at radius 3 is 1.91 bits per heavy atom. The summed E-state index contributed by atoms with van der Waals surface area (Å²) in [6.45, 7) is 4.25. The Bertz CT molecular complexity index is 3920. The third kappa shape index (κ3) is 6.25. The fraction of sp³-hybridized carbons (Fsp3) is 0.0517. The van der Waals surface area contributed by atoms with Crippen molar-refractivity contribution in [2.24, 2.45) is 0 Å². The third-order valence-electron chi connectivity index (χ3n) is 12.0. The average Bonchev–Trinajstić information content (AvgIpc) is 4.04. The van der Waals surface area contributed by atoms with E-state index in [4.69, 9.17) is 19.4 Å². The average molecular weight is 841 g/mol. The minimum atomic E-state index is 0.583. The Labute approximate surface area is 373 Å². The first-order chi connectivity index (χ1) is 31.6. The van der Waals surface area contributed by atoms with E-state index >= 15 is 0 Å². The molecule has 0 atom stereocenters. The highest BCUT2D eigenvalue weighted by atomic mass is 32.1. The number of rotatable bonds is 5. The molecule has 13 rings (SSSR count). The van der Waals surface area contributed by atoms with E-state index in [2.05, 4.69) is 158 Å². The molecule has 64 heavy (non-hydrogen) atoms. The Morgan fingerprint density at radius 2 is 1.06 bits per heavy atom. The van der Waals surface area contributed by atoms with Gasteiger partial charge in [0.05, 0.1) is 11.0 Å². The number of para-hydroxylation sites is 3. The first kappa shape index (κ1) is 37.8. The number of fused-ring (bicyclic) bond motifs is 11. The zero-order valence-electron chi connectivity index (χ0n) is 35.3. The lowest BCUT2D eigenvalue weighted by atomic mass is 9.98. The van der Waals surface area contributed by atoms with E-state index in [9.17, 15) is 0 Å². The van der Waals surface area contributed by atoms with Gasteiger partial charge < -0.3 is 8.98 Å². The molecule has 0 saturated carbocycles. The first-order valence-corrected chi connectivity index (χ1v) is 22.7. The number of nitrogens with zero attached hydrogens (tertiary/aromatic N) is 4. The SMILES string of the molecule is CCC.c1ccc(-c2nc(-c3cccc(-n4c5ccccc5c5cccc(-c6ccc7sc8ccc9ccccc9c8c7c6)c54)c3)nc(-c3ccc4c(c3)oc3ccccc34)n2)cc1. The van der Waals surface area contributed by atoms with Crippen LogP contribution in [0.5, 0.6) is 0 Å². The summed E-state index contributed by atoms with van der Waals surface area (Å²) < 4.78 is 11.3. The second kappa shape index (κ2) is 15.5. The third-order valence-corrected chi connectivity index (χ3v) is 13.2. The highest BCUT2D eigenvalue weighted by Gasteiger charge is 2.20. The zero-order chi connectivity index (χ0) is 42.7. The van der Waals surface area contributed by atoms with Gasteiger partial charge in [-0.3, -0.25) is 0 Å². The molecule has 4 aromatic heterocycles. The molecule has 0 unspecified atom stereocenters. The first-order valence-electron chi connectivity index (χ1n) is 21.8. The summed E-state index contributed by atoms with van der Waals surface area (Å²) in [6, 6.07) is 68.7. The van der Waals surface area contributed by atoms with E-state index in [-0.39, 0.29) is 0 Å². The van der Waals surface area contributed by atoms with Gasteiger partial charge in [0.2, 0.25) is 0 Å². The van der Waals surface area contributed by atoms with Crippen molar-refractivity contribution in [1.82, 2.24) is 19.5 Å². The molecule has 6 heteroatoms. The number of furan rings is 1. The van der Waals surface area contributed by atoms with Crippen molar-refractivity contribution in [3.8, 4) is 51.0 Å². The van der Waals surface area contributed by atoms with Crippen LogP contribution in [0.1, 0.15) is 20.3 Å². The van der Waals surface area contributed by atoms with Gasteiger partial charge in [0.15, 0.2) is 17.5 Å². The summed E-state index contributed by atoms with van der Waals surface area (Å²) in [7, 11) is 0. The molecule has 0 aliphatic heterocycles. The Morgan fingerprint density at radius 1 is 0.438 bits per heavy atom. The Kier molecular flexibility index (Phi) is 9.13. The molecule has 5 nitrogen and oxygen atoms in total. The maximum atomic E-state index is 6.29. The largest absolute Gasteiger partial charge is 0.456 e. The van der Waals surface area contributed by atoms with Gasteiger partial charge in [0.25, 0.3) is 0 Å². The van der Waals surface area contributed by atoms with Crippen LogP contribution < -0.4 is 0 Å². The van der Waals surface area contributed by atoms with Crippen LogP contribution in [0.2, 0.25) is 0 Å². The lowest BCUT2D eigenvalue weighted by molar-refractivity contribution is 0.669. The van der Waals surface area contributed by atoms with Crippen molar-refractivity contribution >= 4 is 86.0 Å². The van der Waals surface area contributed by atoms with Gasteiger partial charge in [-0.05, 0) is 70.9 Å². The van der Waals surface area contributed by atoms with Gasteiger partial charge in [-0.1, -0.05) is 160 Å². The number of hydrogen-bond acceptors (Lipinski definition) is 5. The molecule has 0 saturated heterocycles. The van der Waals surface area contributed by atoms with Crippen LogP contribution in [0.15, 0.2) is 199 Å². The van der Waals surface area contributed by atoms with Crippen LogP contribution in [0, 0.1) is 0 Å². The van der Waals surface area contributed by atoms with Crippen LogP contribution in [-0.2, 0) is 0 Å². The van der Waals surface area contributed by atoms with Crippen LogP contribution in [-0.4, -0.2) is 19.5 Å². The van der Waals surface area contributed by atoms with Crippen molar-refractivity contribution < 1.29 is 4.42 Å². The van der Waals surface area contributed by atoms with E-state index in [1.165, 1.54) is 59.3 Å².